The van der Waals surface area contributed by atoms with Crippen LogP contribution in [0.25, 0.3) is 0 Å². The van der Waals surface area contributed by atoms with Crippen LogP contribution in [-0.2, 0) is 9.84 Å². The quantitative estimate of drug-likeness (QED) is 0.680. The van der Waals surface area contributed by atoms with Crippen LogP contribution in [0.4, 0.5) is 0 Å². The molecule has 0 spiro atoms. The maximum atomic E-state index is 11.4. The Morgan fingerprint density at radius 3 is 2.76 bits per heavy atom. The molecule has 2 unspecified atom stereocenters. The second kappa shape index (κ2) is 5.22. The third-order valence-corrected chi connectivity index (χ3v) is 5.27. The molecule has 0 aromatic carbocycles. The van der Waals surface area contributed by atoms with Gasteiger partial charge < -0.3 is 10.4 Å². The van der Waals surface area contributed by atoms with Crippen molar-refractivity contribution < 1.29 is 13.5 Å². The van der Waals surface area contributed by atoms with Crippen LogP contribution in [0.3, 0.4) is 0 Å². The van der Waals surface area contributed by atoms with E-state index < -0.39 is 15.9 Å². The zero-order chi connectivity index (χ0) is 12.5. The molecule has 0 amide bonds. The third kappa shape index (κ3) is 4.21. The molecule has 2 atom stereocenters. The highest BCUT2D eigenvalue weighted by Gasteiger charge is 2.29. The molecule has 5 nitrogen and oxygen atoms in total. The molecule has 2 rings (SSSR count). The molecular formula is C11H22N2O3S. The van der Waals surface area contributed by atoms with Crippen LogP contribution in [0, 0.1) is 0 Å². The van der Waals surface area contributed by atoms with Gasteiger partial charge in [-0.3, -0.25) is 4.90 Å². The topological polar surface area (TPSA) is 69.6 Å². The van der Waals surface area contributed by atoms with Crippen molar-refractivity contribution in [1.29, 1.82) is 0 Å². The summed E-state index contributed by atoms with van der Waals surface area (Å²) in [4.78, 5) is 2.07. The monoisotopic (exact) mass is 262 g/mol. The van der Waals surface area contributed by atoms with Gasteiger partial charge in [0.15, 0.2) is 9.84 Å². The standard InChI is InChI=1S/C11H22N2O3S/c1-9-8-17(15,16)5-4-13(9)7-11(14)6-12-10-2-3-10/h9-12,14H,2-8H2,1H3. The van der Waals surface area contributed by atoms with E-state index in [2.05, 4.69) is 10.2 Å². The molecule has 0 bridgehead atoms. The molecule has 1 saturated carbocycles. The van der Waals surface area contributed by atoms with Crippen LogP contribution in [0.2, 0.25) is 0 Å². The van der Waals surface area contributed by atoms with Crippen molar-refractivity contribution in [2.45, 2.75) is 38.0 Å². The smallest absolute Gasteiger partial charge is 0.153 e. The van der Waals surface area contributed by atoms with Crippen molar-refractivity contribution in [2.75, 3.05) is 31.1 Å². The predicted octanol–water partition coefficient (Wildman–Crippen LogP) is -0.782. The summed E-state index contributed by atoms with van der Waals surface area (Å²) < 4.78 is 22.8. The van der Waals surface area contributed by atoms with E-state index in [4.69, 9.17) is 0 Å². The van der Waals surface area contributed by atoms with Gasteiger partial charge >= 0.3 is 0 Å². The zero-order valence-electron chi connectivity index (χ0n) is 10.3. The summed E-state index contributed by atoms with van der Waals surface area (Å²) in [5, 5.41) is 13.2. The van der Waals surface area contributed by atoms with E-state index in [1.165, 1.54) is 12.8 Å². The summed E-state index contributed by atoms with van der Waals surface area (Å²) in [5.74, 6) is 0.440. The molecule has 1 saturated heterocycles. The molecule has 6 heteroatoms. The summed E-state index contributed by atoms with van der Waals surface area (Å²) in [6, 6.07) is 0.619. The minimum absolute atomic E-state index is 0.0179. The number of rotatable bonds is 5. The maximum absolute atomic E-state index is 11.4. The lowest BCUT2D eigenvalue weighted by atomic mass is 10.2. The minimum atomic E-state index is -2.86. The summed E-state index contributed by atoms with van der Waals surface area (Å²) in [6.45, 7) is 3.64. The van der Waals surface area contributed by atoms with E-state index in [1.807, 2.05) is 6.92 Å². The van der Waals surface area contributed by atoms with Gasteiger partial charge in [0, 0.05) is 31.7 Å². The molecule has 1 heterocycles. The van der Waals surface area contributed by atoms with Gasteiger partial charge in [0.2, 0.25) is 0 Å². The minimum Gasteiger partial charge on any atom is -0.390 e. The van der Waals surface area contributed by atoms with Gasteiger partial charge in [0.25, 0.3) is 0 Å². The number of nitrogens with one attached hydrogen (secondary N) is 1. The fourth-order valence-corrected chi connectivity index (χ4v) is 3.85. The van der Waals surface area contributed by atoms with Crippen LogP contribution >= 0.6 is 0 Å². The third-order valence-electron chi connectivity index (χ3n) is 3.47. The van der Waals surface area contributed by atoms with Gasteiger partial charge in [0.1, 0.15) is 0 Å². The molecule has 0 aromatic rings. The van der Waals surface area contributed by atoms with Gasteiger partial charge in [-0.1, -0.05) is 0 Å². The highest BCUT2D eigenvalue weighted by Crippen LogP contribution is 2.18. The lowest BCUT2D eigenvalue weighted by Gasteiger charge is -2.34. The summed E-state index contributed by atoms with van der Waals surface area (Å²) in [6.07, 6.45) is 2.02. The number of β-amino-alcohol motifs (C(OH)–C–C–N with tert-alkyl or cyclic N) is 1. The van der Waals surface area contributed by atoms with E-state index >= 15 is 0 Å². The Morgan fingerprint density at radius 2 is 2.18 bits per heavy atom. The Kier molecular flexibility index (Phi) is 4.07. The number of hydrogen-bond acceptors (Lipinski definition) is 5. The Labute approximate surface area is 103 Å². The fraction of sp³-hybridized carbons (Fsp3) is 1.00. The Morgan fingerprint density at radius 1 is 1.47 bits per heavy atom. The zero-order valence-corrected chi connectivity index (χ0v) is 11.1. The summed E-state index contributed by atoms with van der Waals surface area (Å²) >= 11 is 0. The molecule has 1 aliphatic heterocycles. The van der Waals surface area contributed by atoms with Gasteiger partial charge in [-0.15, -0.1) is 0 Å². The number of hydrogen-bond donors (Lipinski definition) is 2. The van der Waals surface area contributed by atoms with E-state index in [0.29, 0.717) is 25.7 Å². The summed E-state index contributed by atoms with van der Waals surface area (Å²) in [5.41, 5.74) is 0. The van der Waals surface area contributed by atoms with Crippen molar-refractivity contribution in [2.24, 2.45) is 0 Å². The summed E-state index contributed by atoms with van der Waals surface area (Å²) in [7, 11) is -2.86. The Bertz CT molecular complexity index is 354. The molecular weight excluding hydrogens is 240 g/mol. The highest BCUT2D eigenvalue weighted by molar-refractivity contribution is 7.91. The van der Waals surface area contributed by atoms with E-state index in [-0.39, 0.29) is 17.5 Å². The van der Waals surface area contributed by atoms with E-state index in [0.717, 1.165) is 0 Å². The van der Waals surface area contributed by atoms with Crippen LogP contribution in [-0.4, -0.2) is 67.8 Å². The highest BCUT2D eigenvalue weighted by atomic mass is 32.2. The van der Waals surface area contributed by atoms with Crippen LogP contribution in [0.15, 0.2) is 0 Å². The van der Waals surface area contributed by atoms with Crippen LogP contribution < -0.4 is 5.32 Å². The number of nitrogens with zero attached hydrogens (tertiary/aromatic N) is 1. The van der Waals surface area contributed by atoms with Crippen LogP contribution in [0.1, 0.15) is 19.8 Å². The predicted molar refractivity (Wildman–Crippen MR) is 66.7 cm³/mol. The van der Waals surface area contributed by atoms with Crippen molar-refractivity contribution >= 4 is 9.84 Å². The van der Waals surface area contributed by atoms with Gasteiger partial charge in [-0.05, 0) is 19.8 Å². The molecule has 17 heavy (non-hydrogen) atoms. The first-order valence-corrected chi connectivity index (χ1v) is 8.14. The number of aliphatic hydroxyl groups is 1. The first-order chi connectivity index (χ1) is 7.96. The SMILES string of the molecule is CC1CS(=O)(=O)CCN1CC(O)CNC1CC1. The molecule has 0 radical (unpaired) electrons. The Hall–Kier alpha value is -0.170. The first kappa shape index (κ1) is 13.3. The lowest BCUT2D eigenvalue weighted by molar-refractivity contribution is 0.0961. The molecule has 100 valence electrons. The average molecular weight is 262 g/mol. The normalized spacial score (nSPS) is 31.3. The van der Waals surface area contributed by atoms with Gasteiger partial charge in [-0.25, -0.2) is 8.42 Å². The lowest BCUT2D eigenvalue weighted by Crippen LogP contribution is -2.50. The van der Waals surface area contributed by atoms with E-state index in [9.17, 15) is 13.5 Å². The fourth-order valence-electron chi connectivity index (χ4n) is 2.23. The van der Waals surface area contributed by atoms with Crippen molar-refractivity contribution in [1.82, 2.24) is 10.2 Å². The maximum Gasteiger partial charge on any atom is 0.153 e. The van der Waals surface area contributed by atoms with Crippen molar-refractivity contribution in [3.63, 3.8) is 0 Å². The number of aliphatic hydroxyl groups excluding tert-OH is 1. The molecule has 2 aliphatic rings. The van der Waals surface area contributed by atoms with Crippen molar-refractivity contribution in [3.05, 3.63) is 0 Å². The van der Waals surface area contributed by atoms with E-state index in [1.54, 1.807) is 0 Å². The molecule has 2 N–H and O–H groups in total. The first-order valence-electron chi connectivity index (χ1n) is 6.32. The number of sulfone groups is 1. The Balaban J connectivity index is 1.74. The molecule has 1 aliphatic carbocycles. The molecule has 0 aromatic heterocycles. The van der Waals surface area contributed by atoms with Gasteiger partial charge in [-0.2, -0.15) is 0 Å². The second-order valence-electron chi connectivity index (χ2n) is 5.29. The largest absolute Gasteiger partial charge is 0.390 e. The van der Waals surface area contributed by atoms with Crippen molar-refractivity contribution in [3.8, 4) is 0 Å². The van der Waals surface area contributed by atoms with Crippen LogP contribution in [0.5, 0.6) is 0 Å². The van der Waals surface area contributed by atoms with Gasteiger partial charge in [0.05, 0.1) is 17.6 Å². The average Bonchev–Trinajstić information content (AvgIpc) is 3.02. The second-order valence-corrected chi connectivity index (χ2v) is 7.52. The molecule has 2 fully saturated rings.